The number of rotatable bonds is 7. The third-order valence-electron chi connectivity index (χ3n) is 2.70. The molecule has 1 aromatic carbocycles. The number of aliphatic carboxylic acids is 2. The number of hydrogen-bond acceptors (Lipinski definition) is 3. The second kappa shape index (κ2) is 6.64. The minimum Gasteiger partial charge on any atom is -0.497 e. The van der Waals surface area contributed by atoms with Gasteiger partial charge in [0, 0.05) is 6.42 Å². The van der Waals surface area contributed by atoms with Crippen molar-refractivity contribution < 1.29 is 24.5 Å². The zero-order chi connectivity index (χ0) is 13.5. The summed E-state index contributed by atoms with van der Waals surface area (Å²) < 4.78 is 5.01. The molecule has 5 nitrogen and oxygen atoms in total. The molecule has 2 N–H and O–H groups in total. The summed E-state index contributed by atoms with van der Waals surface area (Å²) in [5, 5.41) is 17.6. The molecule has 0 fully saturated rings. The first-order valence-electron chi connectivity index (χ1n) is 5.60. The van der Waals surface area contributed by atoms with E-state index in [0.717, 1.165) is 5.56 Å². The maximum atomic E-state index is 11.0. The Morgan fingerprint density at radius 1 is 1.22 bits per heavy atom. The van der Waals surface area contributed by atoms with E-state index in [1.54, 1.807) is 31.4 Å². The highest BCUT2D eigenvalue weighted by Crippen LogP contribution is 2.17. The molecule has 1 aromatic rings. The highest BCUT2D eigenvalue weighted by Gasteiger charge is 2.19. The molecule has 98 valence electrons. The molecule has 0 amide bonds. The smallest absolute Gasteiger partial charge is 0.306 e. The minimum absolute atomic E-state index is 0.132. The Hall–Kier alpha value is -2.04. The Bertz CT molecular complexity index is 410. The van der Waals surface area contributed by atoms with Gasteiger partial charge in [-0.1, -0.05) is 12.1 Å². The number of carboxylic acids is 2. The Labute approximate surface area is 105 Å². The van der Waals surface area contributed by atoms with Crippen LogP contribution in [0.4, 0.5) is 0 Å². The van der Waals surface area contributed by atoms with E-state index < -0.39 is 17.9 Å². The molecular formula is C13H16O5. The molecule has 0 aromatic heterocycles. The van der Waals surface area contributed by atoms with Crippen molar-refractivity contribution in [2.45, 2.75) is 19.3 Å². The second-order valence-electron chi connectivity index (χ2n) is 4.02. The van der Waals surface area contributed by atoms with E-state index in [0.29, 0.717) is 12.2 Å². The van der Waals surface area contributed by atoms with Gasteiger partial charge in [-0.3, -0.25) is 9.59 Å². The largest absolute Gasteiger partial charge is 0.497 e. The number of carbonyl (C=O) groups is 2. The van der Waals surface area contributed by atoms with Gasteiger partial charge in [-0.05, 0) is 30.5 Å². The monoisotopic (exact) mass is 252 g/mol. The number of carboxylic acid groups (broad SMARTS) is 2. The zero-order valence-corrected chi connectivity index (χ0v) is 10.1. The average molecular weight is 252 g/mol. The predicted octanol–water partition coefficient (Wildman–Crippen LogP) is 1.80. The average Bonchev–Trinajstić information content (AvgIpc) is 2.34. The third-order valence-corrected chi connectivity index (χ3v) is 2.70. The molecule has 0 saturated carbocycles. The van der Waals surface area contributed by atoms with E-state index in [-0.39, 0.29) is 12.8 Å². The molecule has 0 heterocycles. The molecule has 1 rings (SSSR count). The second-order valence-corrected chi connectivity index (χ2v) is 4.02. The van der Waals surface area contributed by atoms with Crippen LogP contribution in [-0.4, -0.2) is 29.3 Å². The lowest BCUT2D eigenvalue weighted by atomic mass is 9.95. The highest BCUT2D eigenvalue weighted by atomic mass is 16.5. The Kier molecular flexibility index (Phi) is 5.17. The molecule has 0 radical (unpaired) electrons. The first-order valence-corrected chi connectivity index (χ1v) is 5.60. The summed E-state index contributed by atoms with van der Waals surface area (Å²) in [6, 6.07) is 7.09. The van der Waals surface area contributed by atoms with Gasteiger partial charge in [0.2, 0.25) is 0 Å². The molecule has 0 bridgehead atoms. The molecule has 0 aliphatic rings. The van der Waals surface area contributed by atoms with Crippen molar-refractivity contribution in [3.8, 4) is 5.75 Å². The fourth-order valence-corrected chi connectivity index (χ4v) is 1.66. The van der Waals surface area contributed by atoms with Crippen LogP contribution in [0.5, 0.6) is 5.75 Å². The first kappa shape index (κ1) is 14.0. The van der Waals surface area contributed by atoms with Gasteiger partial charge in [-0.2, -0.15) is 0 Å². The Morgan fingerprint density at radius 3 is 2.28 bits per heavy atom. The lowest BCUT2D eigenvalue weighted by molar-refractivity contribution is -0.142. The van der Waals surface area contributed by atoms with Crippen LogP contribution in [0.1, 0.15) is 18.4 Å². The highest BCUT2D eigenvalue weighted by molar-refractivity contribution is 5.72. The first-order chi connectivity index (χ1) is 8.52. The fraction of sp³-hybridized carbons (Fsp3) is 0.385. The van der Waals surface area contributed by atoms with Gasteiger partial charge in [0.05, 0.1) is 13.0 Å². The zero-order valence-electron chi connectivity index (χ0n) is 10.1. The topological polar surface area (TPSA) is 83.8 Å². The van der Waals surface area contributed by atoms with Crippen LogP contribution in [0.25, 0.3) is 0 Å². The van der Waals surface area contributed by atoms with E-state index >= 15 is 0 Å². The van der Waals surface area contributed by atoms with Crippen LogP contribution in [0, 0.1) is 5.92 Å². The van der Waals surface area contributed by atoms with Crippen molar-refractivity contribution in [1.29, 1.82) is 0 Å². The maximum absolute atomic E-state index is 11.0. The lowest BCUT2D eigenvalue weighted by Gasteiger charge is -2.11. The van der Waals surface area contributed by atoms with Crippen molar-refractivity contribution in [1.82, 2.24) is 0 Å². The van der Waals surface area contributed by atoms with Crippen molar-refractivity contribution in [3.05, 3.63) is 29.8 Å². The molecule has 1 atom stereocenters. The molecule has 0 aliphatic heterocycles. The molecule has 18 heavy (non-hydrogen) atoms. The molecule has 0 saturated heterocycles. The minimum atomic E-state index is -0.976. The summed E-state index contributed by atoms with van der Waals surface area (Å²) in [5.74, 6) is -1.91. The van der Waals surface area contributed by atoms with Crippen molar-refractivity contribution in [2.75, 3.05) is 7.11 Å². The van der Waals surface area contributed by atoms with Crippen molar-refractivity contribution in [3.63, 3.8) is 0 Å². The maximum Gasteiger partial charge on any atom is 0.306 e. The fourth-order valence-electron chi connectivity index (χ4n) is 1.66. The standard InChI is InChI=1S/C13H16O5/c1-18-11-5-2-9(3-6-11)8-10(13(16)17)4-7-12(14)15/h2-3,5-6,10H,4,7-8H2,1H3,(H,14,15)(H,16,17). The number of benzene rings is 1. The number of ether oxygens (including phenoxy) is 1. The van der Waals surface area contributed by atoms with Crippen LogP contribution in [0.3, 0.4) is 0 Å². The van der Waals surface area contributed by atoms with Gasteiger partial charge in [0.1, 0.15) is 5.75 Å². The van der Waals surface area contributed by atoms with E-state index in [9.17, 15) is 9.59 Å². The summed E-state index contributed by atoms with van der Waals surface area (Å²) in [6.07, 6.45) is 0.330. The van der Waals surface area contributed by atoms with E-state index in [1.807, 2.05) is 0 Å². The Morgan fingerprint density at radius 2 is 1.83 bits per heavy atom. The Balaban J connectivity index is 2.64. The summed E-state index contributed by atoms with van der Waals surface area (Å²) in [6.45, 7) is 0. The molecular weight excluding hydrogens is 236 g/mol. The van der Waals surface area contributed by atoms with Crippen LogP contribution < -0.4 is 4.74 Å². The number of methoxy groups -OCH3 is 1. The quantitative estimate of drug-likeness (QED) is 0.773. The van der Waals surface area contributed by atoms with Gasteiger partial charge in [0.15, 0.2) is 0 Å². The molecule has 5 heteroatoms. The summed E-state index contributed by atoms with van der Waals surface area (Å²) >= 11 is 0. The number of hydrogen-bond donors (Lipinski definition) is 2. The molecule has 0 spiro atoms. The SMILES string of the molecule is COc1ccc(CC(CCC(=O)O)C(=O)O)cc1. The van der Waals surface area contributed by atoms with Gasteiger partial charge in [-0.25, -0.2) is 0 Å². The van der Waals surface area contributed by atoms with Crippen molar-refractivity contribution >= 4 is 11.9 Å². The summed E-state index contributed by atoms with van der Waals surface area (Å²) in [5.41, 5.74) is 0.855. The summed E-state index contributed by atoms with van der Waals surface area (Å²) in [7, 11) is 1.56. The van der Waals surface area contributed by atoms with Gasteiger partial charge in [-0.15, -0.1) is 0 Å². The van der Waals surface area contributed by atoms with Crippen LogP contribution in [0.2, 0.25) is 0 Å². The van der Waals surface area contributed by atoms with Crippen LogP contribution in [0.15, 0.2) is 24.3 Å². The van der Waals surface area contributed by atoms with Gasteiger partial charge >= 0.3 is 11.9 Å². The van der Waals surface area contributed by atoms with E-state index in [2.05, 4.69) is 0 Å². The predicted molar refractivity (Wildman–Crippen MR) is 64.7 cm³/mol. The van der Waals surface area contributed by atoms with Crippen LogP contribution >= 0.6 is 0 Å². The van der Waals surface area contributed by atoms with Crippen LogP contribution in [-0.2, 0) is 16.0 Å². The normalized spacial score (nSPS) is 11.8. The van der Waals surface area contributed by atoms with Gasteiger partial charge < -0.3 is 14.9 Å². The summed E-state index contributed by atoms with van der Waals surface area (Å²) in [4.78, 5) is 21.5. The van der Waals surface area contributed by atoms with Crippen molar-refractivity contribution in [2.24, 2.45) is 5.92 Å². The van der Waals surface area contributed by atoms with E-state index in [1.165, 1.54) is 0 Å². The third kappa shape index (κ3) is 4.45. The van der Waals surface area contributed by atoms with Gasteiger partial charge in [0.25, 0.3) is 0 Å². The van der Waals surface area contributed by atoms with E-state index in [4.69, 9.17) is 14.9 Å². The molecule has 0 aliphatic carbocycles. The lowest BCUT2D eigenvalue weighted by Crippen LogP contribution is -2.17. The molecule has 1 unspecified atom stereocenters.